The lowest BCUT2D eigenvalue weighted by Crippen LogP contribution is -2.22. The van der Waals surface area contributed by atoms with Crippen molar-refractivity contribution in [2.45, 2.75) is 72.3 Å². The summed E-state index contributed by atoms with van der Waals surface area (Å²) in [6.45, 7) is 11.6. The summed E-state index contributed by atoms with van der Waals surface area (Å²) in [6.07, 6.45) is 2.39. The van der Waals surface area contributed by atoms with Gasteiger partial charge in [-0.25, -0.2) is 9.59 Å². The van der Waals surface area contributed by atoms with E-state index in [1.807, 2.05) is 12.1 Å². The number of ether oxygens (including phenoxy) is 2. The molecule has 3 rings (SSSR count). The SMILES string of the molecule is CC1CCc2c(sc(NC(=O)COC(=O)c3ccc(C(C)(C)C)cc3)c2C(=O)OC(C)C)C1. The van der Waals surface area contributed by atoms with Gasteiger partial charge in [0.15, 0.2) is 6.61 Å². The van der Waals surface area contributed by atoms with Crippen LogP contribution in [0, 0.1) is 5.92 Å². The Morgan fingerprint density at radius 2 is 1.79 bits per heavy atom. The van der Waals surface area contributed by atoms with Gasteiger partial charge >= 0.3 is 11.9 Å². The smallest absolute Gasteiger partial charge is 0.341 e. The maximum absolute atomic E-state index is 12.8. The number of esters is 2. The van der Waals surface area contributed by atoms with Crippen LogP contribution in [0.3, 0.4) is 0 Å². The van der Waals surface area contributed by atoms with Gasteiger partial charge in [0.25, 0.3) is 5.91 Å². The van der Waals surface area contributed by atoms with Gasteiger partial charge in [0.1, 0.15) is 5.00 Å². The second-order valence-corrected chi connectivity index (χ2v) is 11.1. The first kappa shape index (κ1) is 25.0. The van der Waals surface area contributed by atoms with E-state index in [4.69, 9.17) is 9.47 Å². The number of anilines is 1. The van der Waals surface area contributed by atoms with E-state index in [1.54, 1.807) is 26.0 Å². The van der Waals surface area contributed by atoms with Crippen LogP contribution in [0.15, 0.2) is 24.3 Å². The average Bonchev–Trinajstić information content (AvgIpc) is 3.07. The minimum Gasteiger partial charge on any atom is -0.459 e. The first-order valence-corrected chi connectivity index (χ1v) is 12.2. The maximum atomic E-state index is 12.8. The zero-order valence-corrected chi connectivity index (χ0v) is 21.1. The van der Waals surface area contributed by atoms with Crippen LogP contribution in [-0.2, 0) is 32.5 Å². The van der Waals surface area contributed by atoms with E-state index in [0.29, 0.717) is 22.0 Å². The molecular formula is C26H33NO5S. The minimum absolute atomic E-state index is 0.0194. The molecule has 0 spiro atoms. The zero-order chi connectivity index (χ0) is 24.3. The number of thiophene rings is 1. The lowest BCUT2D eigenvalue weighted by atomic mass is 9.87. The van der Waals surface area contributed by atoms with Crippen molar-refractivity contribution in [3.8, 4) is 0 Å². The summed E-state index contributed by atoms with van der Waals surface area (Å²) >= 11 is 1.41. The number of nitrogens with one attached hydrogen (secondary N) is 1. The molecule has 1 unspecified atom stereocenters. The molecule has 7 heteroatoms. The third-order valence-corrected chi connectivity index (χ3v) is 6.80. The van der Waals surface area contributed by atoms with E-state index in [-0.39, 0.29) is 11.5 Å². The van der Waals surface area contributed by atoms with Gasteiger partial charge in [0.2, 0.25) is 0 Å². The van der Waals surface area contributed by atoms with Gasteiger partial charge in [0, 0.05) is 4.88 Å². The second-order valence-electron chi connectivity index (χ2n) is 9.96. The molecule has 0 bridgehead atoms. The summed E-state index contributed by atoms with van der Waals surface area (Å²) < 4.78 is 10.6. The fourth-order valence-corrected chi connectivity index (χ4v) is 5.23. The molecule has 1 heterocycles. The number of rotatable bonds is 6. The van der Waals surface area contributed by atoms with Gasteiger partial charge in [0.05, 0.1) is 17.2 Å². The van der Waals surface area contributed by atoms with Crippen LogP contribution >= 0.6 is 11.3 Å². The van der Waals surface area contributed by atoms with Crippen LogP contribution in [0.5, 0.6) is 0 Å². The Balaban J connectivity index is 1.68. The number of benzene rings is 1. The Kier molecular flexibility index (Phi) is 7.62. The van der Waals surface area contributed by atoms with Gasteiger partial charge < -0.3 is 14.8 Å². The number of carbonyl (C=O) groups is 3. The molecule has 1 aromatic heterocycles. The van der Waals surface area contributed by atoms with E-state index in [0.717, 1.165) is 35.3 Å². The molecule has 1 aliphatic rings. The fourth-order valence-electron chi connectivity index (χ4n) is 3.81. The first-order valence-electron chi connectivity index (χ1n) is 11.4. The van der Waals surface area contributed by atoms with E-state index in [2.05, 4.69) is 33.0 Å². The van der Waals surface area contributed by atoms with Crippen LogP contribution < -0.4 is 5.32 Å². The van der Waals surface area contributed by atoms with Crippen molar-refractivity contribution in [1.82, 2.24) is 0 Å². The Hall–Kier alpha value is -2.67. The van der Waals surface area contributed by atoms with E-state index < -0.39 is 24.5 Å². The van der Waals surface area contributed by atoms with E-state index in [1.165, 1.54) is 11.3 Å². The van der Waals surface area contributed by atoms with Crippen molar-refractivity contribution in [2.75, 3.05) is 11.9 Å². The molecule has 33 heavy (non-hydrogen) atoms. The van der Waals surface area contributed by atoms with Crippen molar-refractivity contribution in [3.05, 3.63) is 51.4 Å². The first-order chi connectivity index (χ1) is 15.5. The molecule has 178 valence electrons. The Labute approximate surface area is 199 Å². The topological polar surface area (TPSA) is 81.7 Å². The monoisotopic (exact) mass is 471 g/mol. The van der Waals surface area contributed by atoms with Crippen molar-refractivity contribution in [2.24, 2.45) is 5.92 Å². The van der Waals surface area contributed by atoms with Crippen molar-refractivity contribution >= 4 is 34.2 Å². The number of hydrogen-bond donors (Lipinski definition) is 1. The molecular weight excluding hydrogens is 438 g/mol. The molecule has 1 amide bonds. The van der Waals surface area contributed by atoms with Crippen molar-refractivity contribution < 1.29 is 23.9 Å². The van der Waals surface area contributed by atoms with Crippen molar-refractivity contribution in [3.63, 3.8) is 0 Å². The standard InChI is InChI=1S/C26H33NO5S/c1-15(2)32-25(30)22-19-12-7-16(3)13-20(19)33-23(22)27-21(28)14-31-24(29)17-8-10-18(11-9-17)26(4,5)6/h8-11,15-16H,7,12-14H2,1-6H3,(H,27,28). The maximum Gasteiger partial charge on any atom is 0.341 e. The molecule has 0 radical (unpaired) electrons. The Morgan fingerprint density at radius 3 is 2.39 bits per heavy atom. The molecule has 0 saturated heterocycles. The lowest BCUT2D eigenvalue weighted by molar-refractivity contribution is -0.119. The fraction of sp³-hybridized carbons (Fsp3) is 0.500. The molecule has 1 atom stereocenters. The normalized spacial score (nSPS) is 15.7. The minimum atomic E-state index is -0.565. The zero-order valence-electron chi connectivity index (χ0n) is 20.2. The van der Waals surface area contributed by atoms with Crippen LogP contribution in [0.1, 0.15) is 84.7 Å². The molecule has 6 nitrogen and oxygen atoms in total. The highest BCUT2D eigenvalue weighted by molar-refractivity contribution is 7.17. The Bertz CT molecular complexity index is 1030. The van der Waals surface area contributed by atoms with Crippen LogP contribution in [-0.4, -0.2) is 30.6 Å². The molecule has 1 aromatic carbocycles. The van der Waals surface area contributed by atoms with Gasteiger partial charge in [-0.15, -0.1) is 11.3 Å². The second kappa shape index (κ2) is 10.1. The third kappa shape index (κ3) is 6.22. The Morgan fingerprint density at radius 1 is 1.12 bits per heavy atom. The predicted octanol–water partition coefficient (Wildman–Crippen LogP) is 5.53. The largest absolute Gasteiger partial charge is 0.459 e. The summed E-state index contributed by atoms with van der Waals surface area (Å²) in [7, 11) is 0. The summed E-state index contributed by atoms with van der Waals surface area (Å²) in [5.74, 6) is -0.952. The quantitative estimate of drug-likeness (QED) is 0.560. The molecule has 0 fully saturated rings. The summed E-state index contributed by atoms with van der Waals surface area (Å²) in [5.41, 5.74) is 2.88. The highest BCUT2D eigenvalue weighted by Crippen LogP contribution is 2.40. The molecule has 1 aliphatic carbocycles. The van der Waals surface area contributed by atoms with Gasteiger partial charge in [-0.3, -0.25) is 4.79 Å². The van der Waals surface area contributed by atoms with Gasteiger partial charge in [-0.05, 0) is 67.7 Å². The molecule has 2 aromatic rings. The van der Waals surface area contributed by atoms with Crippen LogP contribution in [0.25, 0.3) is 0 Å². The van der Waals surface area contributed by atoms with Crippen LogP contribution in [0.2, 0.25) is 0 Å². The number of amides is 1. The summed E-state index contributed by atoms with van der Waals surface area (Å²) in [6, 6.07) is 7.19. The van der Waals surface area contributed by atoms with Crippen molar-refractivity contribution in [1.29, 1.82) is 0 Å². The third-order valence-electron chi connectivity index (χ3n) is 5.63. The number of hydrogen-bond acceptors (Lipinski definition) is 6. The van der Waals surface area contributed by atoms with Gasteiger partial charge in [-0.2, -0.15) is 0 Å². The molecule has 0 saturated carbocycles. The molecule has 1 N–H and O–H groups in total. The highest BCUT2D eigenvalue weighted by Gasteiger charge is 2.29. The van der Waals surface area contributed by atoms with Gasteiger partial charge in [-0.1, -0.05) is 39.8 Å². The predicted molar refractivity (Wildman–Crippen MR) is 130 cm³/mol. The van der Waals surface area contributed by atoms with E-state index >= 15 is 0 Å². The molecule has 0 aliphatic heterocycles. The summed E-state index contributed by atoms with van der Waals surface area (Å²) in [4.78, 5) is 38.8. The summed E-state index contributed by atoms with van der Waals surface area (Å²) in [5, 5.41) is 3.24. The average molecular weight is 472 g/mol. The number of fused-ring (bicyclic) bond motifs is 1. The lowest BCUT2D eigenvalue weighted by Gasteiger charge is -2.19. The van der Waals surface area contributed by atoms with Crippen LogP contribution in [0.4, 0.5) is 5.00 Å². The highest BCUT2D eigenvalue weighted by atomic mass is 32.1. The number of carbonyl (C=O) groups excluding carboxylic acids is 3. The van der Waals surface area contributed by atoms with E-state index in [9.17, 15) is 14.4 Å².